The second-order valence-corrected chi connectivity index (χ2v) is 7.14. The maximum atomic E-state index is 12.9. The molecule has 1 amide bonds. The SMILES string of the molecule is NC(=O)CN(c1cccc(C(F)(F)F)c1)S(=O)(=O)c1cccc([N+](=O)[O-])c1. The van der Waals surface area contributed by atoms with Crippen molar-refractivity contribution in [1.82, 2.24) is 0 Å². The molecule has 8 nitrogen and oxygen atoms in total. The van der Waals surface area contributed by atoms with E-state index in [9.17, 15) is 36.5 Å². The Kier molecular flexibility index (Phi) is 5.40. The molecule has 0 saturated heterocycles. The first-order valence-electron chi connectivity index (χ1n) is 7.15. The molecule has 2 aromatic rings. The van der Waals surface area contributed by atoms with Crippen LogP contribution in [0.1, 0.15) is 5.56 Å². The van der Waals surface area contributed by atoms with Crippen molar-refractivity contribution < 1.29 is 31.3 Å². The summed E-state index contributed by atoms with van der Waals surface area (Å²) in [6.07, 6.45) is -4.75. The molecule has 0 aromatic heterocycles. The first-order chi connectivity index (χ1) is 12.4. The average Bonchev–Trinajstić information content (AvgIpc) is 2.59. The number of rotatable bonds is 6. The number of primary amides is 1. The number of nitrogens with zero attached hydrogens (tertiary/aromatic N) is 2. The number of anilines is 1. The summed E-state index contributed by atoms with van der Waals surface area (Å²) in [7, 11) is -4.61. The molecule has 2 N–H and O–H groups in total. The predicted octanol–water partition coefficient (Wildman–Crippen LogP) is 2.29. The maximum absolute atomic E-state index is 12.9. The molecule has 0 radical (unpaired) electrons. The fourth-order valence-corrected chi connectivity index (χ4v) is 3.64. The standard InChI is InChI=1S/C15H12F3N3O5S/c16-15(17,18)10-3-1-4-11(7-10)20(9-14(19)22)27(25,26)13-6-2-5-12(8-13)21(23)24/h1-8H,9H2,(H2,19,22). The van der Waals surface area contributed by atoms with Gasteiger partial charge in [-0.3, -0.25) is 19.2 Å². The first-order valence-corrected chi connectivity index (χ1v) is 8.59. The largest absolute Gasteiger partial charge is 0.416 e. The summed E-state index contributed by atoms with van der Waals surface area (Å²) >= 11 is 0. The number of benzene rings is 2. The number of non-ortho nitro benzene ring substituents is 1. The van der Waals surface area contributed by atoms with Crippen LogP contribution in [0.4, 0.5) is 24.5 Å². The summed E-state index contributed by atoms with van der Waals surface area (Å²) in [5.74, 6) is -1.12. The summed E-state index contributed by atoms with van der Waals surface area (Å²) in [6, 6.07) is 7.17. The number of sulfonamides is 1. The molecule has 0 spiro atoms. The first kappa shape index (κ1) is 20.2. The van der Waals surface area contributed by atoms with Gasteiger partial charge in [-0.2, -0.15) is 13.2 Å². The van der Waals surface area contributed by atoms with Gasteiger partial charge in [-0.25, -0.2) is 8.42 Å². The van der Waals surface area contributed by atoms with Crippen LogP contribution in [0.5, 0.6) is 0 Å². The van der Waals surface area contributed by atoms with Gasteiger partial charge in [0.05, 0.1) is 21.1 Å². The maximum Gasteiger partial charge on any atom is 0.416 e. The minimum Gasteiger partial charge on any atom is -0.368 e. The summed E-state index contributed by atoms with van der Waals surface area (Å²) in [4.78, 5) is 20.7. The van der Waals surface area contributed by atoms with Gasteiger partial charge in [-0.05, 0) is 24.3 Å². The van der Waals surface area contributed by atoms with E-state index in [1.807, 2.05) is 0 Å². The van der Waals surface area contributed by atoms with E-state index in [4.69, 9.17) is 5.73 Å². The highest BCUT2D eigenvalue weighted by atomic mass is 32.2. The van der Waals surface area contributed by atoms with Gasteiger partial charge in [0.15, 0.2) is 0 Å². The second-order valence-electron chi connectivity index (χ2n) is 5.28. The molecule has 27 heavy (non-hydrogen) atoms. The molecule has 0 saturated carbocycles. The summed E-state index contributed by atoms with van der Waals surface area (Å²) in [6.45, 7) is -0.952. The van der Waals surface area contributed by atoms with E-state index >= 15 is 0 Å². The van der Waals surface area contributed by atoms with Gasteiger partial charge in [0, 0.05) is 12.1 Å². The van der Waals surface area contributed by atoms with Gasteiger partial charge in [-0.1, -0.05) is 12.1 Å². The fraction of sp³-hybridized carbons (Fsp3) is 0.133. The molecule has 0 aliphatic rings. The average molecular weight is 403 g/mol. The Morgan fingerprint density at radius 3 is 2.33 bits per heavy atom. The molecule has 0 unspecified atom stereocenters. The fourth-order valence-electron chi connectivity index (χ4n) is 2.18. The summed E-state index contributed by atoms with van der Waals surface area (Å²) < 4.78 is 64.8. The Bertz CT molecular complexity index is 992. The van der Waals surface area contributed by atoms with E-state index in [2.05, 4.69) is 0 Å². The van der Waals surface area contributed by atoms with E-state index in [0.717, 1.165) is 42.5 Å². The van der Waals surface area contributed by atoms with Crippen LogP contribution >= 0.6 is 0 Å². The Balaban J connectivity index is 2.61. The lowest BCUT2D eigenvalue weighted by atomic mass is 10.2. The number of nitrogens with two attached hydrogens (primary N) is 1. The lowest BCUT2D eigenvalue weighted by molar-refractivity contribution is -0.385. The highest BCUT2D eigenvalue weighted by Crippen LogP contribution is 2.33. The highest BCUT2D eigenvalue weighted by molar-refractivity contribution is 7.92. The third-order valence-corrected chi connectivity index (χ3v) is 5.15. The van der Waals surface area contributed by atoms with Crippen LogP contribution in [-0.2, 0) is 21.0 Å². The van der Waals surface area contributed by atoms with Crippen molar-refractivity contribution in [3.63, 3.8) is 0 Å². The van der Waals surface area contributed by atoms with Gasteiger partial charge >= 0.3 is 6.18 Å². The molecule has 12 heteroatoms. The number of carbonyl (C=O) groups is 1. The van der Waals surface area contributed by atoms with Crippen LogP contribution in [0, 0.1) is 10.1 Å². The van der Waals surface area contributed by atoms with Gasteiger partial charge in [0.1, 0.15) is 6.54 Å². The van der Waals surface area contributed by atoms with Crippen molar-refractivity contribution >= 4 is 27.3 Å². The van der Waals surface area contributed by atoms with E-state index in [-0.39, 0.29) is 0 Å². The lowest BCUT2D eigenvalue weighted by Crippen LogP contribution is -2.38. The topological polar surface area (TPSA) is 124 Å². The quantitative estimate of drug-likeness (QED) is 0.585. The zero-order valence-electron chi connectivity index (χ0n) is 13.4. The minimum absolute atomic E-state index is 0.365. The van der Waals surface area contributed by atoms with Gasteiger partial charge in [0.2, 0.25) is 5.91 Å². The molecule has 2 aromatic carbocycles. The van der Waals surface area contributed by atoms with E-state index in [0.29, 0.717) is 10.4 Å². The van der Waals surface area contributed by atoms with Crippen LogP contribution in [0.2, 0.25) is 0 Å². The molecule has 144 valence electrons. The smallest absolute Gasteiger partial charge is 0.368 e. The number of amides is 1. The second kappa shape index (κ2) is 7.23. The van der Waals surface area contributed by atoms with Crippen molar-refractivity contribution in [3.05, 3.63) is 64.2 Å². The highest BCUT2D eigenvalue weighted by Gasteiger charge is 2.33. The zero-order valence-corrected chi connectivity index (χ0v) is 14.2. The number of hydrogen-bond donors (Lipinski definition) is 1. The number of nitro benzene ring substituents is 1. The number of carbonyl (C=O) groups excluding carboxylic acids is 1. The van der Waals surface area contributed by atoms with Crippen LogP contribution in [0.25, 0.3) is 0 Å². The molecule has 0 aliphatic heterocycles. The lowest BCUT2D eigenvalue weighted by Gasteiger charge is -2.24. The zero-order chi connectivity index (χ0) is 20.4. The van der Waals surface area contributed by atoms with Gasteiger partial charge < -0.3 is 5.73 Å². The Morgan fingerprint density at radius 2 is 1.78 bits per heavy atom. The monoisotopic (exact) mass is 403 g/mol. The number of halogens is 3. The third-order valence-electron chi connectivity index (χ3n) is 3.38. The van der Waals surface area contributed by atoms with Crippen molar-refractivity contribution in [2.24, 2.45) is 5.73 Å². The minimum atomic E-state index is -4.75. The van der Waals surface area contributed by atoms with Crippen molar-refractivity contribution in [1.29, 1.82) is 0 Å². The summed E-state index contributed by atoms with van der Waals surface area (Å²) in [5, 5.41) is 10.9. The van der Waals surface area contributed by atoms with E-state index < -0.39 is 55.4 Å². The molecule has 2 rings (SSSR count). The van der Waals surface area contributed by atoms with Crippen LogP contribution in [0.3, 0.4) is 0 Å². The van der Waals surface area contributed by atoms with E-state index in [1.54, 1.807) is 0 Å². The molecule has 0 bridgehead atoms. The molecule has 0 aliphatic carbocycles. The molecular weight excluding hydrogens is 391 g/mol. The number of nitro groups is 1. The molecule has 0 atom stereocenters. The van der Waals surface area contributed by atoms with Crippen molar-refractivity contribution in [2.45, 2.75) is 11.1 Å². The number of hydrogen-bond acceptors (Lipinski definition) is 5. The Labute approximate surface area is 151 Å². The molecule has 0 heterocycles. The van der Waals surface area contributed by atoms with Crippen molar-refractivity contribution in [3.8, 4) is 0 Å². The normalized spacial score (nSPS) is 11.8. The Hall–Kier alpha value is -3.15. The Morgan fingerprint density at radius 1 is 1.15 bits per heavy atom. The van der Waals surface area contributed by atoms with Gasteiger partial charge in [-0.15, -0.1) is 0 Å². The van der Waals surface area contributed by atoms with Crippen LogP contribution < -0.4 is 10.0 Å². The predicted molar refractivity (Wildman–Crippen MR) is 88.3 cm³/mol. The van der Waals surface area contributed by atoms with Crippen molar-refractivity contribution in [2.75, 3.05) is 10.8 Å². The number of alkyl halides is 3. The van der Waals surface area contributed by atoms with Gasteiger partial charge in [0.25, 0.3) is 15.7 Å². The molecule has 0 fully saturated rings. The van der Waals surface area contributed by atoms with Crippen LogP contribution in [0.15, 0.2) is 53.4 Å². The van der Waals surface area contributed by atoms with Crippen LogP contribution in [-0.4, -0.2) is 25.8 Å². The molecular formula is C15H12F3N3O5S. The van der Waals surface area contributed by atoms with E-state index in [1.165, 1.54) is 0 Å². The summed E-state index contributed by atoms with van der Waals surface area (Å²) in [5.41, 5.74) is 2.89. The third kappa shape index (κ3) is 4.53.